The molecule has 158 valence electrons. The molecule has 0 radical (unpaired) electrons. The number of hydrogen-bond acceptors (Lipinski definition) is 5. The summed E-state index contributed by atoms with van der Waals surface area (Å²) >= 11 is 1.52. The maximum absolute atomic E-state index is 12.9. The van der Waals surface area contributed by atoms with Crippen LogP contribution in [0.1, 0.15) is 61.0 Å². The van der Waals surface area contributed by atoms with E-state index >= 15 is 0 Å². The highest BCUT2D eigenvalue weighted by molar-refractivity contribution is 8.04. The van der Waals surface area contributed by atoms with E-state index < -0.39 is 0 Å². The number of aryl methyl sites for hydroxylation is 1. The van der Waals surface area contributed by atoms with Gasteiger partial charge in [-0.2, -0.15) is 0 Å². The van der Waals surface area contributed by atoms with Crippen molar-refractivity contribution in [2.75, 3.05) is 13.2 Å². The van der Waals surface area contributed by atoms with Gasteiger partial charge in [0.25, 0.3) is 0 Å². The van der Waals surface area contributed by atoms with Gasteiger partial charge >= 0.3 is 5.97 Å². The van der Waals surface area contributed by atoms with Gasteiger partial charge in [-0.25, -0.2) is 4.79 Å². The zero-order chi connectivity index (χ0) is 21.3. The molecule has 0 amide bonds. The van der Waals surface area contributed by atoms with Gasteiger partial charge in [0.2, 0.25) is 5.78 Å². The predicted molar refractivity (Wildman–Crippen MR) is 121 cm³/mol. The number of fused-ring (bicyclic) bond motifs is 1. The van der Waals surface area contributed by atoms with Crippen LogP contribution in [0.25, 0.3) is 6.08 Å². The number of ether oxygens (including phenoxy) is 2. The number of ketones is 1. The first-order chi connectivity index (χ1) is 14.6. The first-order valence-corrected chi connectivity index (χ1v) is 11.4. The molecule has 1 heterocycles. The molecule has 0 unspecified atom stereocenters. The largest absolute Gasteiger partial charge is 0.482 e. The molecule has 3 rings (SSSR count). The van der Waals surface area contributed by atoms with Crippen LogP contribution in [0.15, 0.2) is 52.3 Å². The molecule has 0 aliphatic carbocycles. The lowest BCUT2D eigenvalue weighted by molar-refractivity contribution is -0.145. The Balaban J connectivity index is 1.62. The Bertz CT molecular complexity index is 915. The van der Waals surface area contributed by atoms with E-state index in [9.17, 15) is 9.59 Å². The highest BCUT2D eigenvalue weighted by Gasteiger charge is 2.26. The second kappa shape index (κ2) is 11.0. The van der Waals surface area contributed by atoms with Crippen molar-refractivity contribution in [2.45, 2.75) is 50.8 Å². The minimum absolute atomic E-state index is 0.0908. The number of unbranched alkanes of at least 4 members (excludes halogenated alkanes) is 3. The van der Waals surface area contributed by atoms with Crippen molar-refractivity contribution in [2.24, 2.45) is 0 Å². The zero-order valence-electron chi connectivity index (χ0n) is 17.6. The average molecular weight is 425 g/mol. The van der Waals surface area contributed by atoms with Crippen LogP contribution in [0.4, 0.5) is 0 Å². The molecule has 1 aliphatic rings. The molecule has 1 aliphatic heterocycles. The number of benzene rings is 2. The van der Waals surface area contributed by atoms with Crippen molar-refractivity contribution in [3.05, 3.63) is 64.1 Å². The van der Waals surface area contributed by atoms with Gasteiger partial charge in [0.1, 0.15) is 5.75 Å². The van der Waals surface area contributed by atoms with Crippen LogP contribution in [0.5, 0.6) is 5.75 Å². The minimum atomic E-state index is -0.390. The summed E-state index contributed by atoms with van der Waals surface area (Å²) in [5, 5.41) is 0. The van der Waals surface area contributed by atoms with Gasteiger partial charge in [-0.15, -0.1) is 0 Å². The molecule has 0 aromatic heterocycles. The van der Waals surface area contributed by atoms with E-state index in [1.807, 2.05) is 18.2 Å². The Morgan fingerprint density at radius 2 is 1.83 bits per heavy atom. The molecule has 4 nitrogen and oxygen atoms in total. The first kappa shape index (κ1) is 22.2. The molecule has 0 saturated carbocycles. The Hall–Kier alpha value is -2.53. The van der Waals surface area contributed by atoms with Crippen molar-refractivity contribution >= 4 is 29.6 Å². The van der Waals surface area contributed by atoms with Crippen LogP contribution in [0.2, 0.25) is 0 Å². The molecule has 2 aromatic carbocycles. The third kappa shape index (κ3) is 5.99. The topological polar surface area (TPSA) is 52.6 Å². The first-order valence-electron chi connectivity index (χ1n) is 10.6. The molecular weight excluding hydrogens is 396 g/mol. The lowest BCUT2D eigenvalue weighted by Gasteiger charge is -2.06. The lowest BCUT2D eigenvalue weighted by atomic mass is 10.0. The zero-order valence-corrected chi connectivity index (χ0v) is 18.4. The summed E-state index contributed by atoms with van der Waals surface area (Å²) in [6.45, 7) is 4.19. The number of carbonyl (C=O) groups is 2. The van der Waals surface area contributed by atoms with Crippen LogP contribution in [-0.2, 0) is 16.0 Å². The average Bonchev–Trinajstić information content (AvgIpc) is 3.06. The fourth-order valence-corrected chi connectivity index (χ4v) is 4.34. The van der Waals surface area contributed by atoms with Crippen LogP contribution in [-0.4, -0.2) is 25.0 Å². The van der Waals surface area contributed by atoms with E-state index in [1.54, 1.807) is 19.1 Å². The maximum Gasteiger partial charge on any atom is 0.344 e. The third-order valence-corrected chi connectivity index (χ3v) is 5.99. The second-order valence-corrected chi connectivity index (χ2v) is 8.33. The SMILES string of the molecule is CCCCCCc1ccc2c(c1)C(=O)/C(=C\c1ccc(OCC(=O)OCC)cc1)S2. The quantitative estimate of drug-likeness (QED) is 0.263. The van der Waals surface area contributed by atoms with Gasteiger partial charge < -0.3 is 9.47 Å². The summed E-state index contributed by atoms with van der Waals surface area (Å²) in [5.74, 6) is 0.291. The van der Waals surface area contributed by atoms with E-state index in [-0.39, 0.29) is 18.4 Å². The van der Waals surface area contributed by atoms with Crippen LogP contribution in [0.3, 0.4) is 0 Å². The molecular formula is C25H28O4S. The number of rotatable bonds is 10. The Morgan fingerprint density at radius 1 is 1.03 bits per heavy atom. The van der Waals surface area contributed by atoms with Gasteiger partial charge in [0, 0.05) is 10.5 Å². The predicted octanol–water partition coefficient (Wildman–Crippen LogP) is 6.08. The normalized spacial score (nSPS) is 14.1. The molecule has 0 saturated heterocycles. The lowest BCUT2D eigenvalue weighted by Crippen LogP contribution is -2.14. The minimum Gasteiger partial charge on any atom is -0.482 e. The highest BCUT2D eigenvalue weighted by Crippen LogP contribution is 2.41. The molecule has 30 heavy (non-hydrogen) atoms. The fourth-order valence-electron chi connectivity index (χ4n) is 3.30. The van der Waals surface area contributed by atoms with E-state index in [1.165, 1.54) is 43.0 Å². The maximum atomic E-state index is 12.9. The molecule has 0 atom stereocenters. The molecule has 0 bridgehead atoms. The highest BCUT2D eigenvalue weighted by atomic mass is 32.2. The molecule has 0 fully saturated rings. The number of thioether (sulfide) groups is 1. The van der Waals surface area contributed by atoms with Gasteiger partial charge in [-0.3, -0.25) is 4.79 Å². The monoisotopic (exact) mass is 424 g/mol. The Morgan fingerprint density at radius 3 is 2.57 bits per heavy atom. The van der Waals surface area contributed by atoms with Gasteiger partial charge in [0.15, 0.2) is 6.61 Å². The molecule has 0 N–H and O–H groups in total. The van der Waals surface area contributed by atoms with Crippen LogP contribution in [0, 0.1) is 0 Å². The Kier molecular flexibility index (Phi) is 8.14. The summed E-state index contributed by atoms with van der Waals surface area (Å²) in [4.78, 5) is 26.0. The van der Waals surface area contributed by atoms with Crippen molar-refractivity contribution in [1.82, 2.24) is 0 Å². The summed E-state index contributed by atoms with van der Waals surface area (Å²) in [5.41, 5.74) is 2.97. The van der Waals surface area contributed by atoms with Gasteiger partial charge in [0.05, 0.1) is 11.5 Å². The molecule has 0 spiro atoms. The molecule has 5 heteroatoms. The number of allylic oxidation sites excluding steroid dienone is 1. The van der Waals surface area contributed by atoms with E-state index in [2.05, 4.69) is 25.1 Å². The van der Waals surface area contributed by atoms with Crippen molar-refractivity contribution in [3.63, 3.8) is 0 Å². The number of esters is 1. The van der Waals surface area contributed by atoms with Crippen LogP contribution < -0.4 is 4.74 Å². The third-order valence-electron chi connectivity index (χ3n) is 4.89. The summed E-state index contributed by atoms with van der Waals surface area (Å²) in [7, 11) is 0. The number of hydrogen-bond donors (Lipinski definition) is 0. The Labute approximate surface area is 182 Å². The summed E-state index contributed by atoms with van der Waals surface area (Å²) in [6, 6.07) is 13.6. The van der Waals surface area contributed by atoms with E-state index in [4.69, 9.17) is 9.47 Å². The second-order valence-electron chi connectivity index (χ2n) is 7.24. The van der Waals surface area contributed by atoms with E-state index in [0.29, 0.717) is 12.4 Å². The molecule has 2 aromatic rings. The number of Topliss-reactive ketones (excluding diaryl/α,β-unsaturated/α-hetero) is 1. The smallest absolute Gasteiger partial charge is 0.344 e. The van der Waals surface area contributed by atoms with Crippen molar-refractivity contribution in [1.29, 1.82) is 0 Å². The standard InChI is InChI=1S/C25H28O4S/c1-3-5-6-7-8-18-11-14-22-21(15-18)25(27)23(30-22)16-19-9-12-20(13-10-19)29-17-24(26)28-4-2/h9-16H,3-8,17H2,1-2H3/b23-16+. The number of carbonyl (C=O) groups excluding carboxylic acids is 2. The van der Waals surface area contributed by atoms with Crippen molar-refractivity contribution < 1.29 is 19.1 Å². The summed E-state index contributed by atoms with van der Waals surface area (Å²) in [6.07, 6.45) is 7.83. The van der Waals surface area contributed by atoms with E-state index in [0.717, 1.165) is 27.3 Å². The summed E-state index contributed by atoms with van der Waals surface area (Å²) < 4.78 is 10.3. The van der Waals surface area contributed by atoms with Crippen molar-refractivity contribution in [3.8, 4) is 5.75 Å². The fraction of sp³-hybridized carbons (Fsp3) is 0.360. The van der Waals surface area contributed by atoms with Gasteiger partial charge in [-0.05, 0) is 61.2 Å². The van der Waals surface area contributed by atoms with Crippen LogP contribution >= 0.6 is 11.8 Å². The van der Waals surface area contributed by atoms with Gasteiger partial charge in [-0.1, -0.05) is 56.1 Å².